The summed E-state index contributed by atoms with van der Waals surface area (Å²) in [6, 6.07) is -4.46. The molecule has 0 heterocycles. The third kappa shape index (κ3) is 10.8. The molecule has 0 saturated heterocycles. The number of aliphatic hydroxyl groups excluding tert-OH is 1. The molecule has 6 unspecified atom stereocenters. The molecule has 0 bridgehead atoms. The molecule has 0 aliphatic carbocycles. The Kier molecular flexibility index (Phi) is 14.5. The number of carbonyl (C=O) groups is 4. The Hall–Kier alpha value is -2.93. The molecule has 196 valence electrons. The van der Waals surface area contributed by atoms with Gasteiger partial charge in [-0.2, -0.15) is 0 Å². The van der Waals surface area contributed by atoms with E-state index in [4.69, 9.17) is 22.3 Å². The second-order valence-electron chi connectivity index (χ2n) is 8.38. The van der Waals surface area contributed by atoms with Crippen LogP contribution in [0, 0.1) is 11.8 Å². The van der Waals surface area contributed by atoms with Crippen molar-refractivity contribution in [2.24, 2.45) is 34.0 Å². The standard InChI is InChI=1S/C21H41N7O6/c1-5-11(3)15(27-17(30)13(22)10-29)19(32)26-14(8-7-9-25-21(23)24)18(31)28-16(20(33)34)12(4)6-2/h11-16,29H,5-10,22H2,1-4H3,(H,26,32)(H,27,30)(H,28,31)(H,33,34)(H4,23,24,25). The smallest absolute Gasteiger partial charge is 0.326 e. The largest absolute Gasteiger partial charge is 0.480 e. The summed E-state index contributed by atoms with van der Waals surface area (Å²) in [5.41, 5.74) is 16.2. The predicted octanol–water partition coefficient (Wildman–Crippen LogP) is -2.01. The molecule has 13 heteroatoms. The summed E-state index contributed by atoms with van der Waals surface area (Å²) in [5.74, 6) is -3.97. The van der Waals surface area contributed by atoms with Crippen LogP contribution in [0.4, 0.5) is 0 Å². The van der Waals surface area contributed by atoms with Gasteiger partial charge in [-0.3, -0.25) is 19.4 Å². The molecule has 0 saturated carbocycles. The van der Waals surface area contributed by atoms with Crippen molar-refractivity contribution >= 4 is 29.7 Å². The first-order chi connectivity index (χ1) is 15.9. The zero-order chi connectivity index (χ0) is 26.4. The Morgan fingerprint density at radius 3 is 1.88 bits per heavy atom. The third-order valence-corrected chi connectivity index (χ3v) is 5.68. The van der Waals surface area contributed by atoms with Crippen molar-refractivity contribution in [1.82, 2.24) is 16.0 Å². The fourth-order valence-electron chi connectivity index (χ4n) is 3.02. The number of carboxylic acids is 1. The van der Waals surface area contributed by atoms with E-state index in [1.54, 1.807) is 20.8 Å². The van der Waals surface area contributed by atoms with E-state index in [2.05, 4.69) is 20.9 Å². The lowest BCUT2D eigenvalue weighted by Crippen LogP contribution is -2.59. The number of carboxylic acid groups (broad SMARTS) is 1. The maximum atomic E-state index is 13.1. The molecule has 0 spiro atoms. The molecule has 0 fully saturated rings. The SMILES string of the molecule is CCC(C)C(NC(=O)C(CCCN=C(N)N)NC(=O)C(NC(=O)C(N)CO)C(C)CC)C(=O)O. The molecule has 0 aromatic rings. The zero-order valence-corrected chi connectivity index (χ0v) is 20.4. The highest BCUT2D eigenvalue weighted by Crippen LogP contribution is 2.12. The van der Waals surface area contributed by atoms with Crippen molar-refractivity contribution in [2.75, 3.05) is 13.2 Å². The van der Waals surface area contributed by atoms with Gasteiger partial charge in [0.15, 0.2) is 5.96 Å². The van der Waals surface area contributed by atoms with Crippen LogP contribution in [-0.2, 0) is 19.2 Å². The van der Waals surface area contributed by atoms with Gasteiger partial charge in [0, 0.05) is 6.54 Å². The number of aliphatic carboxylic acids is 1. The second-order valence-corrected chi connectivity index (χ2v) is 8.38. The first-order valence-electron chi connectivity index (χ1n) is 11.4. The topological polar surface area (TPSA) is 235 Å². The summed E-state index contributed by atoms with van der Waals surface area (Å²) in [7, 11) is 0. The number of nitrogens with zero attached hydrogens (tertiary/aromatic N) is 1. The molecule has 0 aliphatic heterocycles. The number of amides is 3. The second kappa shape index (κ2) is 15.8. The summed E-state index contributed by atoms with van der Waals surface area (Å²) in [4.78, 5) is 53.7. The van der Waals surface area contributed by atoms with E-state index in [9.17, 15) is 24.3 Å². The number of hydrogen-bond donors (Lipinski definition) is 8. The number of nitrogens with two attached hydrogens (primary N) is 3. The first-order valence-corrected chi connectivity index (χ1v) is 11.4. The van der Waals surface area contributed by atoms with Crippen molar-refractivity contribution in [3.05, 3.63) is 0 Å². The van der Waals surface area contributed by atoms with E-state index in [0.717, 1.165) is 0 Å². The van der Waals surface area contributed by atoms with Gasteiger partial charge in [-0.1, -0.05) is 40.5 Å². The number of nitrogens with one attached hydrogen (secondary N) is 3. The Morgan fingerprint density at radius 2 is 1.41 bits per heavy atom. The van der Waals surface area contributed by atoms with E-state index in [-0.39, 0.29) is 30.8 Å². The molecule has 0 aliphatic rings. The van der Waals surface area contributed by atoms with Crippen LogP contribution < -0.4 is 33.2 Å². The highest BCUT2D eigenvalue weighted by atomic mass is 16.4. The Balaban J connectivity index is 5.68. The third-order valence-electron chi connectivity index (χ3n) is 5.68. The normalized spacial score (nSPS) is 16.2. The fraction of sp³-hybridized carbons (Fsp3) is 0.762. The summed E-state index contributed by atoms with van der Waals surface area (Å²) in [5, 5.41) is 26.2. The van der Waals surface area contributed by atoms with Gasteiger partial charge in [-0.25, -0.2) is 4.79 Å². The lowest BCUT2D eigenvalue weighted by Gasteiger charge is -2.28. The number of carbonyl (C=O) groups excluding carboxylic acids is 3. The lowest BCUT2D eigenvalue weighted by atomic mass is 9.96. The van der Waals surface area contributed by atoms with Crippen molar-refractivity contribution in [2.45, 2.75) is 77.5 Å². The van der Waals surface area contributed by atoms with Gasteiger partial charge in [0.25, 0.3) is 0 Å². The number of aliphatic hydroxyl groups is 1. The van der Waals surface area contributed by atoms with Crippen molar-refractivity contribution in [1.29, 1.82) is 0 Å². The highest BCUT2D eigenvalue weighted by molar-refractivity contribution is 5.94. The van der Waals surface area contributed by atoms with Crippen LogP contribution >= 0.6 is 0 Å². The maximum Gasteiger partial charge on any atom is 0.326 e. The number of hydrogen-bond acceptors (Lipinski definition) is 7. The highest BCUT2D eigenvalue weighted by Gasteiger charge is 2.33. The minimum absolute atomic E-state index is 0.118. The fourth-order valence-corrected chi connectivity index (χ4v) is 3.02. The summed E-state index contributed by atoms with van der Waals surface area (Å²) in [6.07, 6.45) is 1.50. The molecule has 6 atom stereocenters. The Labute approximate surface area is 200 Å². The molecule has 0 rings (SSSR count). The quantitative estimate of drug-likeness (QED) is 0.0681. The Morgan fingerprint density at radius 1 is 0.882 bits per heavy atom. The average molecular weight is 488 g/mol. The van der Waals surface area contributed by atoms with Gasteiger partial charge >= 0.3 is 5.97 Å². The monoisotopic (exact) mass is 487 g/mol. The van der Waals surface area contributed by atoms with Gasteiger partial charge < -0.3 is 43.4 Å². The van der Waals surface area contributed by atoms with Crippen LogP contribution in [0.25, 0.3) is 0 Å². The zero-order valence-electron chi connectivity index (χ0n) is 20.4. The number of rotatable bonds is 16. The number of guanidine groups is 1. The first kappa shape index (κ1) is 31.1. The van der Waals surface area contributed by atoms with Gasteiger partial charge in [-0.15, -0.1) is 0 Å². The minimum atomic E-state index is -1.20. The summed E-state index contributed by atoms with van der Waals surface area (Å²) in [6.45, 7) is 6.68. The summed E-state index contributed by atoms with van der Waals surface area (Å²) < 4.78 is 0. The van der Waals surface area contributed by atoms with Crippen LogP contribution in [0.2, 0.25) is 0 Å². The van der Waals surface area contributed by atoms with Crippen LogP contribution in [-0.4, -0.2) is 77.2 Å². The molecule has 0 aromatic heterocycles. The Bertz CT molecular complexity index is 714. The van der Waals surface area contributed by atoms with Crippen molar-refractivity contribution in [3.8, 4) is 0 Å². The predicted molar refractivity (Wildman–Crippen MR) is 127 cm³/mol. The van der Waals surface area contributed by atoms with Gasteiger partial charge in [0.05, 0.1) is 6.61 Å². The van der Waals surface area contributed by atoms with Crippen molar-refractivity contribution < 1.29 is 29.4 Å². The molecule has 0 aromatic carbocycles. The molecule has 34 heavy (non-hydrogen) atoms. The molecule has 0 radical (unpaired) electrons. The summed E-state index contributed by atoms with van der Waals surface area (Å²) >= 11 is 0. The molecule has 3 amide bonds. The van der Waals surface area contributed by atoms with E-state index >= 15 is 0 Å². The average Bonchev–Trinajstić information content (AvgIpc) is 2.80. The van der Waals surface area contributed by atoms with E-state index in [1.165, 1.54) is 0 Å². The van der Waals surface area contributed by atoms with E-state index < -0.39 is 54.5 Å². The molecule has 11 N–H and O–H groups in total. The van der Waals surface area contributed by atoms with Crippen LogP contribution in [0.1, 0.15) is 53.4 Å². The van der Waals surface area contributed by atoms with Crippen LogP contribution in [0.15, 0.2) is 4.99 Å². The molecular formula is C21H41N7O6. The van der Waals surface area contributed by atoms with E-state index in [1.807, 2.05) is 6.92 Å². The minimum Gasteiger partial charge on any atom is -0.480 e. The van der Waals surface area contributed by atoms with Crippen LogP contribution in [0.5, 0.6) is 0 Å². The van der Waals surface area contributed by atoms with Crippen molar-refractivity contribution in [3.63, 3.8) is 0 Å². The lowest BCUT2D eigenvalue weighted by molar-refractivity contribution is -0.144. The van der Waals surface area contributed by atoms with Crippen LogP contribution in [0.3, 0.4) is 0 Å². The number of aliphatic imine (C=N–C) groups is 1. The molecular weight excluding hydrogens is 446 g/mol. The molecule has 13 nitrogen and oxygen atoms in total. The van der Waals surface area contributed by atoms with Gasteiger partial charge in [0.1, 0.15) is 24.2 Å². The van der Waals surface area contributed by atoms with E-state index in [0.29, 0.717) is 19.3 Å². The van der Waals surface area contributed by atoms with Gasteiger partial charge in [-0.05, 0) is 24.7 Å². The maximum absolute atomic E-state index is 13.1. The van der Waals surface area contributed by atoms with Gasteiger partial charge in [0.2, 0.25) is 17.7 Å².